The van der Waals surface area contributed by atoms with Gasteiger partial charge in [-0.25, -0.2) is 9.97 Å². The minimum atomic E-state index is -0.911. The lowest BCUT2D eigenvalue weighted by Crippen LogP contribution is -2.57. The molecule has 426 valence electrons. The van der Waals surface area contributed by atoms with Crippen molar-refractivity contribution in [1.82, 2.24) is 60.6 Å². The highest BCUT2D eigenvalue weighted by Crippen LogP contribution is 2.38. The third-order valence-corrected chi connectivity index (χ3v) is 15.4. The van der Waals surface area contributed by atoms with E-state index in [0.717, 1.165) is 16.8 Å². The number of likely N-dealkylation sites (tertiary alicyclic amines) is 2. The van der Waals surface area contributed by atoms with E-state index in [0.29, 0.717) is 52.5 Å². The van der Waals surface area contributed by atoms with E-state index in [1.54, 1.807) is 62.0 Å². The van der Waals surface area contributed by atoms with Crippen LogP contribution in [-0.4, -0.2) is 128 Å². The number of carbonyl (C=O) groups is 6. The first-order chi connectivity index (χ1) is 38.5. The number of likely N-dealkylation sites (N-methyl/N-ethyl adjacent to an activating group) is 2. The van der Waals surface area contributed by atoms with E-state index in [9.17, 15) is 28.8 Å². The number of benzene rings is 3. The van der Waals surface area contributed by atoms with E-state index in [2.05, 4.69) is 38.5 Å². The molecule has 2 aliphatic heterocycles. The maximum atomic E-state index is 14.9. The van der Waals surface area contributed by atoms with Gasteiger partial charge in [-0.1, -0.05) is 121 Å². The number of rotatable bonds is 18. The summed E-state index contributed by atoms with van der Waals surface area (Å²) in [6.45, 7) is 21.5. The highest BCUT2D eigenvalue weighted by atomic mass is 16.2. The van der Waals surface area contributed by atoms with Gasteiger partial charge in [0.25, 0.3) is 11.8 Å². The highest BCUT2D eigenvalue weighted by Gasteiger charge is 2.46. The number of nitrogens with one attached hydrogen (secondary N) is 6. The Hall–Kier alpha value is -8.22. The number of amides is 6. The fraction of sp³-hybridized carbons (Fsp3) is 0.397. The second-order valence-corrected chi connectivity index (χ2v) is 23.4. The molecular weight excluding hydrogens is 1020 g/mol. The third-order valence-electron chi connectivity index (χ3n) is 15.4. The molecule has 0 aliphatic carbocycles. The van der Waals surface area contributed by atoms with Crippen LogP contribution in [0.5, 0.6) is 0 Å². The van der Waals surface area contributed by atoms with E-state index in [4.69, 9.17) is 9.97 Å². The monoisotopic (exact) mass is 1100 g/mol. The molecule has 0 spiro atoms. The van der Waals surface area contributed by atoms with Crippen LogP contribution in [0.4, 0.5) is 0 Å². The molecule has 0 radical (unpaired) electrons. The van der Waals surface area contributed by atoms with Crippen LogP contribution in [-0.2, 0) is 19.2 Å². The van der Waals surface area contributed by atoms with Crippen LogP contribution < -0.4 is 31.9 Å². The normalized spacial score (nSPS) is 19.0. The Bertz CT molecular complexity index is 3300. The van der Waals surface area contributed by atoms with Crippen molar-refractivity contribution < 1.29 is 28.8 Å². The Morgan fingerprint density at radius 1 is 0.605 bits per heavy atom. The third kappa shape index (κ3) is 13.2. The number of imidazole rings is 2. The summed E-state index contributed by atoms with van der Waals surface area (Å²) < 4.78 is 3.90. The summed E-state index contributed by atoms with van der Waals surface area (Å²) in [5, 5.41) is 18.2. The molecule has 0 bridgehead atoms. The van der Waals surface area contributed by atoms with Gasteiger partial charge in [-0.15, -0.1) is 0 Å². The van der Waals surface area contributed by atoms with Gasteiger partial charge in [-0.3, -0.25) is 37.7 Å². The van der Waals surface area contributed by atoms with E-state index < -0.39 is 71.0 Å². The Kier molecular flexibility index (Phi) is 17.9. The molecule has 8 atom stereocenters. The molecule has 6 amide bonds. The lowest BCUT2D eigenvalue weighted by molar-refractivity contribution is -0.141. The molecule has 2 aliphatic rings. The van der Waals surface area contributed by atoms with Crippen molar-refractivity contribution in [3.8, 4) is 11.3 Å². The van der Waals surface area contributed by atoms with Crippen LogP contribution in [0.2, 0.25) is 0 Å². The zero-order valence-electron chi connectivity index (χ0n) is 48.4. The summed E-state index contributed by atoms with van der Waals surface area (Å²) in [6, 6.07) is 26.9. The highest BCUT2D eigenvalue weighted by molar-refractivity contribution is 5.98. The largest absolute Gasteiger partial charge is 0.347 e. The lowest BCUT2D eigenvalue weighted by Gasteiger charge is -2.36. The number of pyridine rings is 1. The zero-order valence-corrected chi connectivity index (χ0v) is 48.4. The molecule has 8 rings (SSSR count). The quantitative estimate of drug-likeness (QED) is 0.0510. The second kappa shape index (κ2) is 24.7. The predicted molar refractivity (Wildman–Crippen MR) is 315 cm³/mol. The number of nitrogens with zero attached hydrogens (tertiary/aromatic N) is 6. The van der Waals surface area contributed by atoms with Crippen LogP contribution in [0.15, 0.2) is 128 Å². The number of hydrogen-bond acceptors (Lipinski definition) is 10. The first-order valence-corrected chi connectivity index (χ1v) is 27.8. The molecule has 6 aromatic rings. The molecule has 3 aromatic heterocycles. The van der Waals surface area contributed by atoms with Gasteiger partial charge in [0.05, 0.1) is 41.2 Å². The number of carbonyl (C=O) groups excluding carboxylic acids is 6. The van der Waals surface area contributed by atoms with Gasteiger partial charge in [-0.2, -0.15) is 0 Å². The van der Waals surface area contributed by atoms with Crippen LogP contribution >= 0.6 is 0 Å². The minimum absolute atomic E-state index is 0.133. The number of allylic oxidation sites excluding steroid dienone is 1. The first-order valence-electron chi connectivity index (χ1n) is 27.8. The van der Waals surface area contributed by atoms with Gasteiger partial charge in [0.1, 0.15) is 23.6 Å². The summed E-state index contributed by atoms with van der Waals surface area (Å²) in [4.78, 5) is 98.4. The van der Waals surface area contributed by atoms with E-state index >= 15 is 0 Å². The average molecular weight is 1100 g/mol. The molecule has 8 unspecified atom stereocenters. The van der Waals surface area contributed by atoms with Crippen LogP contribution in [0.25, 0.3) is 28.7 Å². The van der Waals surface area contributed by atoms with E-state index in [-0.39, 0.29) is 36.7 Å². The van der Waals surface area contributed by atoms with Gasteiger partial charge in [0, 0.05) is 54.4 Å². The van der Waals surface area contributed by atoms with E-state index in [1.165, 1.54) is 0 Å². The molecular formula is C63H78N12O6. The molecule has 81 heavy (non-hydrogen) atoms. The fourth-order valence-electron chi connectivity index (χ4n) is 10.5. The van der Waals surface area contributed by atoms with Crippen molar-refractivity contribution >= 4 is 52.9 Å². The topological polar surface area (TPSA) is 216 Å². The van der Waals surface area contributed by atoms with Crippen molar-refractivity contribution in [2.24, 2.45) is 10.8 Å². The standard InChI is InChI=1S/C63H78N12O6/c1-13-21-52-68-47(36-72(52)40(4)41-22-16-14-17-23-41)50-32-45(34-74(50)60(80)54(62(5,6)7)70-56(76)38(2)64-11)66-58(78)43-28-30-44(31-29-43)59(79)67-46-33-51(75(35-46)61(81)55(63(8,9)10)71-57(77)39(3)65-12)48-37-73-49(26-20-27-53(73)69-48)42-24-18-15-19-25-42/h13-31,36-39,45-46,50-51,54-55,64-65H,4,32-35H2,1-3,5-12H3,(H,66,78)(H,67,79)(H,70,76)(H,71,77). The molecule has 2 saturated heterocycles. The maximum Gasteiger partial charge on any atom is 0.251 e. The SMILES string of the molecule is C=C(c1ccccc1)n1cc(C2CC(NC(=O)c3ccc(C(=O)NC4CC(c5cn6c(-c7ccccc7)cccc6n5)N(C(=O)C(NC(=O)C(C)NC)C(C)(C)C)C4)cc3)CN2C(=O)C(NC(=O)C(C)NC)C(C)(C)C)nc1C=CC. The molecule has 6 N–H and O–H groups in total. The maximum absolute atomic E-state index is 14.9. The second-order valence-electron chi connectivity index (χ2n) is 23.4. The Morgan fingerprint density at radius 3 is 1.53 bits per heavy atom. The predicted octanol–water partition coefficient (Wildman–Crippen LogP) is 7.17. The summed E-state index contributed by atoms with van der Waals surface area (Å²) in [7, 11) is 3.37. The molecule has 0 saturated carbocycles. The van der Waals surface area contributed by atoms with Gasteiger partial charge in [-0.05, 0) is 112 Å². The van der Waals surface area contributed by atoms with Gasteiger partial charge in [0.15, 0.2) is 0 Å². The molecule has 3 aromatic carbocycles. The van der Waals surface area contributed by atoms with Gasteiger partial charge in [0.2, 0.25) is 23.6 Å². The number of aromatic nitrogens is 4. The van der Waals surface area contributed by atoms with Crippen molar-refractivity contribution in [1.29, 1.82) is 0 Å². The van der Waals surface area contributed by atoms with Crippen molar-refractivity contribution in [3.63, 3.8) is 0 Å². The number of fused-ring (bicyclic) bond motifs is 1. The lowest BCUT2D eigenvalue weighted by atomic mass is 9.85. The molecule has 5 heterocycles. The number of hydrogen-bond donors (Lipinski definition) is 6. The molecule has 18 heteroatoms. The van der Waals surface area contributed by atoms with E-state index in [1.807, 2.05) is 161 Å². The summed E-state index contributed by atoms with van der Waals surface area (Å²) in [6.07, 6.45) is 8.26. The Morgan fingerprint density at radius 2 is 1.07 bits per heavy atom. The van der Waals surface area contributed by atoms with Crippen molar-refractivity contribution in [2.75, 3.05) is 27.2 Å². The average Bonchev–Trinajstić information content (AvgIpc) is 4.26. The summed E-state index contributed by atoms with van der Waals surface area (Å²) >= 11 is 0. The summed E-state index contributed by atoms with van der Waals surface area (Å²) in [5.41, 5.74) is 4.70. The van der Waals surface area contributed by atoms with Crippen molar-refractivity contribution in [2.45, 2.75) is 123 Å². The zero-order chi connectivity index (χ0) is 58.5. The minimum Gasteiger partial charge on any atom is -0.347 e. The van der Waals surface area contributed by atoms with Crippen LogP contribution in [0.3, 0.4) is 0 Å². The molecule has 18 nitrogen and oxygen atoms in total. The van der Waals surface area contributed by atoms with Crippen LogP contribution in [0.1, 0.15) is 131 Å². The Labute approximate surface area is 475 Å². The fourth-order valence-corrected chi connectivity index (χ4v) is 10.5. The Balaban J connectivity index is 1.02. The molecule has 2 fully saturated rings. The van der Waals surface area contributed by atoms with Crippen LogP contribution in [0, 0.1) is 10.8 Å². The van der Waals surface area contributed by atoms with Gasteiger partial charge >= 0.3 is 0 Å². The smallest absolute Gasteiger partial charge is 0.251 e. The van der Waals surface area contributed by atoms with Crippen molar-refractivity contribution in [3.05, 3.63) is 162 Å². The first kappa shape index (κ1) is 58.9. The summed E-state index contributed by atoms with van der Waals surface area (Å²) in [5.74, 6) is -1.41. The van der Waals surface area contributed by atoms with Gasteiger partial charge < -0.3 is 41.7 Å².